The number of carbonyl (C=O) groups is 3. The second kappa shape index (κ2) is 6.11. The van der Waals surface area contributed by atoms with Gasteiger partial charge in [-0.3, -0.25) is 19.3 Å². The minimum Gasteiger partial charge on any atom is -0.297 e. The van der Waals surface area contributed by atoms with Crippen LogP contribution in [0.4, 0.5) is 18.9 Å². The van der Waals surface area contributed by atoms with Gasteiger partial charge in [-0.05, 0) is 24.3 Å². The van der Waals surface area contributed by atoms with Gasteiger partial charge in [-0.25, -0.2) is 0 Å². The molecule has 8 heteroatoms. The second-order valence-corrected chi connectivity index (χ2v) is 6.26. The molecule has 1 heterocycles. The molecular weight excluding hydrogens is 403 g/mol. The standard InChI is InChI=1S/C17H9BrF3NO3/c18-9-5-6-13-11(7-9)15(24)16(25)22(13)8-14(23)10-3-1-2-4-12(10)17(19,20)21/h1-7H,8H2. The number of ketones is 2. The zero-order chi connectivity index (χ0) is 18.4. The van der Waals surface area contributed by atoms with Crippen LogP contribution in [0, 0.1) is 0 Å². The molecule has 0 saturated heterocycles. The van der Waals surface area contributed by atoms with Crippen LogP contribution >= 0.6 is 15.9 Å². The first-order chi connectivity index (χ1) is 11.7. The smallest absolute Gasteiger partial charge is 0.297 e. The van der Waals surface area contributed by atoms with Gasteiger partial charge in [0.1, 0.15) is 0 Å². The zero-order valence-electron chi connectivity index (χ0n) is 12.4. The summed E-state index contributed by atoms with van der Waals surface area (Å²) in [5, 5.41) is 0. The van der Waals surface area contributed by atoms with Gasteiger partial charge in [0, 0.05) is 10.0 Å². The van der Waals surface area contributed by atoms with Crippen molar-refractivity contribution in [2.75, 3.05) is 11.4 Å². The summed E-state index contributed by atoms with van der Waals surface area (Å²) in [5.41, 5.74) is -1.30. The minimum atomic E-state index is -4.69. The van der Waals surface area contributed by atoms with Crippen molar-refractivity contribution in [2.24, 2.45) is 0 Å². The van der Waals surface area contributed by atoms with E-state index < -0.39 is 41.3 Å². The van der Waals surface area contributed by atoms with Gasteiger partial charge in [-0.15, -0.1) is 0 Å². The number of anilines is 1. The Labute approximate surface area is 148 Å². The Morgan fingerprint density at radius 1 is 1.08 bits per heavy atom. The van der Waals surface area contributed by atoms with E-state index in [0.717, 1.165) is 17.0 Å². The first-order valence-corrected chi connectivity index (χ1v) is 7.84. The molecule has 0 radical (unpaired) electrons. The summed E-state index contributed by atoms with van der Waals surface area (Å²) in [6.45, 7) is -0.647. The van der Waals surface area contributed by atoms with E-state index in [-0.39, 0.29) is 11.3 Å². The topological polar surface area (TPSA) is 54.5 Å². The quantitative estimate of drug-likeness (QED) is 0.568. The van der Waals surface area contributed by atoms with E-state index in [4.69, 9.17) is 0 Å². The van der Waals surface area contributed by atoms with Gasteiger partial charge >= 0.3 is 6.18 Å². The third-order valence-corrected chi connectivity index (χ3v) is 4.26. The van der Waals surface area contributed by atoms with Crippen molar-refractivity contribution < 1.29 is 27.6 Å². The second-order valence-electron chi connectivity index (χ2n) is 5.35. The third kappa shape index (κ3) is 3.09. The van der Waals surface area contributed by atoms with Crippen molar-refractivity contribution in [2.45, 2.75) is 6.18 Å². The van der Waals surface area contributed by atoms with Crippen molar-refractivity contribution in [3.05, 3.63) is 63.6 Å². The van der Waals surface area contributed by atoms with E-state index in [1.54, 1.807) is 6.07 Å². The molecule has 0 unspecified atom stereocenters. The van der Waals surface area contributed by atoms with Gasteiger partial charge in [-0.1, -0.05) is 34.1 Å². The highest BCUT2D eigenvalue weighted by atomic mass is 79.9. The fourth-order valence-electron chi connectivity index (χ4n) is 2.63. The molecule has 3 rings (SSSR count). The molecule has 2 aromatic carbocycles. The number of fused-ring (bicyclic) bond motifs is 1. The molecule has 128 valence electrons. The molecule has 0 spiro atoms. The number of nitrogens with zero attached hydrogens (tertiary/aromatic N) is 1. The SMILES string of the molecule is O=C1C(=O)N(CC(=O)c2ccccc2C(F)(F)F)c2ccc(Br)cc21. The van der Waals surface area contributed by atoms with Crippen LogP contribution in [0.1, 0.15) is 26.3 Å². The fourth-order valence-corrected chi connectivity index (χ4v) is 2.99. The summed E-state index contributed by atoms with van der Waals surface area (Å²) in [6.07, 6.45) is -4.69. The maximum absolute atomic E-state index is 13.1. The number of alkyl halides is 3. The molecule has 0 atom stereocenters. The van der Waals surface area contributed by atoms with Gasteiger partial charge in [-0.2, -0.15) is 13.2 Å². The van der Waals surface area contributed by atoms with Gasteiger partial charge < -0.3 is 0 Å². The van der Waals surface area contributed by atoms with Crippen molar-refractivity contribution in [3.63, 3.8) is 0 Å². The number of Topliss-reactive ketones (excluding diaryl/α,β-unsaturated/α-hetero) is 2. The molecule has 0 N–H and O–H groups in total. The largest absolute Gasteiger partial charge is 0.417 e. The van der Waals surface area contributed by atoms with Crippen LogP contribution in [0.15, 0.2) is 46.9 Å². The van der Waals surface area contributed by atoms with Gasteiger partial charge in [0.2, 0.25) is 0 Å². The van der Waals surface area contributed by atoms with E-state index in [0.29, 0.717) is 4.47 Å². The molecule has 1 aliphatic rings. The van der Waals surface area contributed by atoms with Crippen molar-refractivity contribution in [1.29, 1.82) is 0 Å². The third-order valence-electron chi connectivity index (χ3n) is 3.77. The molecule has 1 aliphatic heterocycles. The first kappa shape index (κ1) is 17.3. The Hall–Kier alpha value is -2.48. The minimum absolute atomic E-state index is 0.108. The molecule has 0 aliphatic carbocycles. The van der Waals surface area contributed by atoms with E-state index in [9.17, 15) is 27.6 Å². The van der Waals surface area contributed by atoms with Crippen LogP contribution < -0.4 is 4.90 Å². The fraction of sp³-hybridized carbons (Fsp3) is 0.118. The number of halogens is 4. The van der Waals surface area contributed by atoms with Gasteiger partial charge in [0.25, 0.3) is 11.7 Å². The Bertz CT molecular complexity index is 908. The van der Waals surface area contributed by atoms with Crippen LogP contribution in [0.5, 0.6) is 0 Å². The summed E-state index contributed by atoms with van der Waals surface area (Å²) >= 11 is 3.18. The lowest BCUT2D eigenvalue weighted by molar-refractivity contribution is -0.137. The highest BCUT2D eigenvalue weighted by molar-refractivity contribution is 9.10. The summed E-state index contributed by atoms with van der Waals surface area (Å²) in [5.74, 6) is -2.64. The summed E-state index contributed by atoms with van der Waals surface area (Å²) in [4.78, 5) is 37.4. The predicted molar refractivity (Wildman–Crippen MR) is 86.6 cm³/mol. The maximum Gasteiger partial charge on any atom is 0.417 e. The number of rotatable bonds is 3. The van der Waals surface area contributed by atoms with E-state index in [2.05, 4.69) is 15.9 Å². The lowest BCUT2D eigenvalue weighted by Crippen LogP contribution is -2.35. The average molecular weight is 412 g/mol. The molecular formula is C17H9BrF3NO3. The van der Waals surface area contributed by atoms with Crippen LogP contribution in [-0.2, 0) is 11.0 Å². The van der Waals surface area contributed by atoms with E-state index in [1.807, 2.05) is 0 Å². The molecule has 1 amide bonds. The summed E-state index contributed by atoms with van der Waals surface area (Å²) in [6, 6.07) is 8.81. The Balaban J connectivity index is 1.96. The molecule has 0 bridgehead atoms. The normalized spacial score (nSPS) is 14.0. The van der Waals surface area contributed by atoms with Gasteiger partial charge in [0.15, 0.2) is 5.78 Å². The summed E-state index contributed by atoms with van der Waals surface area (Å²) < 4.78 is 39.7. The zero-order valence-corrected chi connectivity index (χ0v) is 14.0. The Morgan fingerprint density at radius 2 is 1.76 bits per heavy atom. The first-order valence-electron chi connectivity index (χ1n) is 7.05. The predicted octanol–water partition coefficient (Wildman–Crippen LogP) is 3.88. The highest BCUT2D eigenvalue weighted by Gasteiger charge is 2.39. The van der Waals surface area contributed by atoms with Crippen molar-refractivity contribution in [1.82, 2.24) is 0 Å². The molecule has 4 nitrogen and oxygen atoms in total. The summed E-state index contributed by atoms with van der Waals surface area (Å²) in [7, 11) is 0. The molecule has 25 heavy (non-hydrogen) atoms. The monoisotopic (exact) mass is 411 g/mol. The van der Waals surface area contributed by atoms with Gasteiger partial charge in [0.05, 0.1) is 23.4 Å². The molecule has 0 fully saturated rings. The van der Waals surface area contributed by atoms with Crippen molar-refractivity contribution in [3.8, 4) is 0 Å². The highest BCUT2D eigenvalue weighted by Crippen LogP contribution is 2.34. The van der Waals surface area contributed by atoms with Crippen LogP contribution in [-0.4, -0.2) is 24.0 Å². The number of carbonyl (C=O) groups excluding carboxylic acids is 3. The maximum atomic E-state index is 13.1. The van der Waals surface area contributed by atoms with E-state index in [1.165, 1.54) is 24.3 Å². The molecule has 0 aromatic heterocycles. The van der Waals surface area contributed by atoms with Crippen LogP contribution in [0.3, 0.4) is 0 Å². The van der Waals surface area contributed by atoms with Crippen molar-refractivity contribution >= 4 is 39.1 Å². The lowest BCUT2D eigenvalue weighted by atomic mass is 10.0. The molecule has 0 saturated carbocycles. The number of hydrogen-bond donors (Lipinski definition) is 0. The Morgan fingerprint density at radius 3 is 2.44 bits per heavy atom. The van der Waals surface area contributed by atoms with Crippen LogP contribution in [0.2, 0.25) is 0 Å². The lowest BCUT2D eigenvalue weighted by Gasteiger charge is -2.17. The van der Waals surface area contributed by atoms with Crippen LogP contribution in [0.25, 0.3) is 0 Å². The average Bonchev–Trinajstić information content (AvgIpc) is 2.79. The number of hydrogen-bond acceptors (Lipinski definition) is 3. The van der Waals surface area contributed by atoms with E-state index >= 15 is 0 Å². The number of benzene rings is 2. The Kier molecular flexibility index (Phi) is 4.24. The molecule has 2 aromatic rings. The number of amides is 1.